The van der Waals surface area contributed by atoms with E-state index in [-0.39, 0.29) is 29.0 Å². The fourth-order valence-electron chi connectivity index (χ4n) is 4.72. The van der Waals surface area contributed by atoms with Gasteiger partial charge in [0.1, 0.15) is 11.8 Å². The molecule has 2 fully saturated rings. The lowest BCUT2D eigenvalue weighted by atomic mass is 9.92. The lowest BCUT2D eigenvalue weighted by molar-refractivity contribution is -0.123. The third-order valence-corrected chi connectivity index (χ3v) is 7.33. The molecule has 4 rings (SSSR count). The molecule has 1 atom stereocenters. The summed E-state index contributed by atoms with van der Waals surface area (Å²) in [6.45, 7) is 0. The number of sulfonamides is 1. The molecule has 1 saturated carbocycles. The van der Waals surface area contributed by atoms with Crippen LogP contribution in [0.5, 0.6) is 5.75 Å². The number of imide groups is 1. The Kier molecular flexibility index (Phi) is 6.72. The molecule has 1 unspecified atom stereocenters. The van der Waals surface area contributed by atoms with Crippen molar-refractivity contribution in [2.24, 2.45) is 5.14 Å². The molecule has 1 saturated heterocycles. The molecule has 2 aliphatic rings. The topological polar surface area (TPSA) is 127 Å². The van der Waals surface area contributed by atoms with Crippen LogP contribution < -0.4 is 14.8 Å². The molecule has 3 amide bonds. The van der Waals surface area contributed by atoms with Crippen molar-refractivity contribution >= 4 is 33.4 Å². The number of primary sulfonamides is 1. The summed E-state index contributed by atoms with van der Waals surface area (Å²) in [5.74, 6) is -0.740. The van der Waals surface area contributed by atoms with E-state index in [0.717, 1.165) is 37.0 Å². The third kappa shape index (κ3) is 4.69. The van der Waals surface area contributed by atoms with Crippen LogP contribution in [0.1, 0.15) is 48.9 Å². The summed E-state index contributed by atoms with van der Waals surface area (Å²) < 4.78 is 28.3. The number of benzene rings is 2. The molecular weight excluding hydrogens is 458 g/mol. The largest absolute Gasteiger partial charge is 0.497 e. The Morgan fingerprint density at radius 2 is 1.74 bits per heavy atom. The smallest absolute Gasteiger partial charge is 0.257 e. The van der Waals surface area contributed by atoms with Gasteiger partial charge >= 0.3 is 0 Å². The van der Waals surface area contributed by atoms with Crippen molar-refractivity contribution in [3.63, 3.8) is 0 Å². The molecule has 1 heterocycles. The molecule has 180 valence electrons. The molecule has 9 nitrogen and oxygen atoms in total. The van der Waals surface area contributed by atoms with Crippen LogP contribution in [0, 0.1) is 0 Å². The van der Waals surface area contributed by atoms with Crippen molar-refractivity contribution in [3.8, 4) is 5.75 Å². The minimum absolute atomic E-state index is 0.121. The van der Waals surface area contributed by atoms with Gasteiger partial charge in [-0.3, -0.25) is 14.4 Å². The van der Waals surface area contributed by atoms with Crippen molar-refractivity contribution < 1.29 is 27.5 Å². The third-order valence-electron chi connectivity index (χ3n) is 6.40. The van der Waals surface area contributed by atoms with Crippen LogP contribution in [-0.4, -0.2) is 50.2 Å². The van der Waals surface area contributed by atoms with E-state index in [9.17, 15) is 22.8 Å². The Labute approximate surface area is 198 Å². The molecule has 2 N–H and O–H groups in total. The molecule has 0 radical (unpaired) electrons. The maximum absolute atomic E-state index is 13.7. The lowest BCUT2D eigenvalue weighted by Crippen LogP contribution is -2.51. The predicted octanol–water partition coefficient (Wildman–Crippen LogP) is 2.45. The molecule has 0 spiro atoms. The standard InChI is InChI=1S/C24H27N3O6S/c1-33-19-9-5-6-16(14-19)23(29)26(17-7-3-2-4-8-17)21-15-22(28)27(24(21)30)18-10-12-20(13-11-18)34(25,31)32/h5-6,9-14,17,21H,2-4,7-8,15H2,1H3,(H2,25,31,32). The minimum atomic E-state index is -3.91. The maximum Gasteiger partial charge on any atom is 0.257 e. The number of hydrogen-bond acceptors (Lipinski definition) is 6. The summed E-state index contributed by atoms with van der Waals surface area (Å²) in [4.78, 5) is 42.5. The van der Waals surface area contributed by atoms with Gasteiger partial charge in [-0.15, -0.1) is 0 Å². The van der Waals surface area contributed by atoms with Crippen LogP contribution in [0.15, 0.2) is 53.4 Å². The van der Waals surface area contributed by atoms with Gasteiger partial charge in [-0.05, 0) is 55.3 Å². The van der Waals surface area contributed by atoms with Gasteiger partial charge in [0.05, 0.1) is 24.1 Å². The Hall–Kier alpha value is -3.24. The Bertz CT molecular complexity index is 1210. The highest BCUT2D eigenvalue weighted by molar-refractivity contribution is 7.89. The van der Waals surface area contributed by atoms with E-state index in [1.165, 1.54) is 31.4 Å². The van der Waals surface area contributed by atoms with E-state index in [4.69, 9.17) is 9.88 Å². The fraction of sp³-hybridized carbons (Fsp3) is 0.375. The Balaban J connectivity index is 1.67. The van der Waals surface area contributed by atoms with Gasteiger partial charge in [0.15, 0.2) is 0 Å². The van der Waals surface area contributed by atoms with E-state index in [2.05, 4.69) is 0 Å². The Morgan fingerprint density at radius 3 is 2.35 bits per heavy atom. The number of nitrogens with zero attached hydrogens (tertiary/aromatic N) is 2. The molecule has 1 aliphatic carbocycles. The highest BCUT2D eigenvalue weighted by atomic mass is 32.2. The summed E-state index contributed by atoms with van der Waals surface area (Å²) in [5.41, 5.74) is 0.628. The normalized spacial score (nSPS) is 19.4. The summed E-state index contributed by atoms with van der Waals surface area (Å²) in [7, 11) is -2.39. The zero-order valence-corrected chi connectivity index (χ0v) is 19.7. The van der Waals surface area contributed by atoms with Crippen LogP contribution in [0.3, 0.4) is 0 Å². The van der Waals surface area contributed by atoms with Gasteiger partial charge in [-0.1, -0.05) is 25.3 Å². The lowest BCUT2D eigenvalue weighted by Gasteiger charge is -2.37. The first-order valence-electron chi connectivity index (χ1n) is 11.2. The van der Waals surface area contributed by atoms with E-state index in [0.29, 0.717) is 11.3 Å². The number of rotatable bonds is 6. The molecule has 2 aromatic carbocycles. The number of carbonyl (C=O) groups is 3. The van der Waals surface area contributed by atoms with Crippen molar-refractivity contribution in [3.05, 3.63) is 54.1 Å². The molecule has 0 aromatic heterocycles. The molecule has 2 aromatic rings. The second-order valence-corrected chi connectivity index (χ2v) is 10.1. The molecule has 0 bridgehead atoms. The number of anilines is 1. The zero-order valence-electron chi connectivity index (χ0n) is 18.8. The first-order valence-corrected chi connectivity index (χ1v) is 12.7. The fourth-order valence-corrected chi connectivity index (χ4v) is 5.23. The van der Waals surface area contributed by atoms with Crippen LogP contribution in [0.25, 0.3) is 0 Å². The quantitative estimate of drug-likeness (QED) is 0.626. The van der Waals surface area contributed by atoms with E-state index in [1.807, 2.05) is 0 Å². The van der Waals surface area contributed by atoms with Crippen molar-refractivity contribution in [1.82, 2.24) is 4.90 Å². The van der Waals surface area contributed by atoms with Gasteiger partial charge in [0, 0.05) is 11.6 Å². The monoisotopic (exact) mass is 485 g/mol. The highest BCUT2D eigenvalue weighted by Crippen LogP contribution is 2.33. The Morgan fingerprint density at radius 1 is 1.06 bits per heavy atom. The predicted molar refractivity (Wildman–Crippen MR) is 125 cm³/mol. The van der Waals surface area contributed by atoms with Gasteiger partial charge in [0.25, 0.3) is 11.8 Å². The summed E-state index contributed by atoms with van der Waals surface area (Å²) >= 11 is 0. The SMILES string of the molecule is COc1cccc(C(=O)N(C2CCCCC2)C2CC(=O)N(c3ccc(S(N)(=O)=O)cc3)C2=O)c1. The van der Waals surface area contributed by atoms with E-state index >= 15 is 0 Å². The van der Waals surface area contributed by atoms with E-state index < -0.39 is 27.9 Å². The number of carbonyl (C=O) groups excluding carboxylic acids is 3. The van der Waals surface area contributed by atoms with Gasteiger partial charge in [-0.25, -0.2) is 18.5 Å². The van der Waals surface area contributed by atoms with Gasteiger partial charge in [-0.2, -0.15) is 0 Å². The van der Waals surface area contributed by atoms with Gasteiger partial charge < -0.3 is 9.64 Å². The number of amides is 3. The summed E-state index contributed by atoms with van der Waals surface area (Å²) in [6.07, 6.45) is 4.34. The van der Waals surface area contributed by atoms with E-state index in [1.54, 1.807) is 29.2 Å². The minimum Gasteiger partial charge on any atom is -0.497 e. The van der Waals surface area contributed by atoms with Gasteiger partial charge in [0.2, 0.25) is 15.9 Å². The molecular formula is C24H27N3O6S. The molecule has 34 heavy (non-hydrogen) atoms. The van der Waals surface area contributed by atoms with Crippen molar-refractivity contribution in [2.75, 3.05) is 12.0 Å². The number of nitrogens with two attached hydrogens (primary N) is 1. The van der Waals surface area contributed by atoms with Crippen LogP contribution in [0.2, 0.25) is 0 Å². The zero-order chi connectivity index (χ0) is 24.5. The van der Waals surface area contributed by atoms with Crippen molar-refractivity contribution in [2.45, 2.75) is 55.5 Å². The maximum atomic E-state index is 13.7. The second kappa shape index (κ2) is 9.55. The molecule has 1 aliphatic heterocycles. The highest BCUT2D eigenvalue weighted by Gasteiger charge is 2.46. The number of hydrogen-bond donors (Lipinski definition) is 1. The first kappa shape index (κ1) is 23.9. The summed E-state index contributed by atoms with van der Waals surface area (Å²) in [6, 6.07) is 10.9. The number of ether oxygens (including phenoxy) is 1. The first-order chi connectivity index (χ1) is 16.2. The van der Waals surface area contributed by atoms with Crippen molar-refractivity contribution in [1.29, 1.82) is 0 Å². The van der Waals surface area contributed by atoms with Crippen LogP contribution >= 0.6 is 0 Å². The van der Waals surface area contributed by atoms with Crippen LogP contribution in [0.4, 0.5) is 5.69 Å². The summed E-state index contributed by atoms with van der Waals surface area (Å²) in [5, 5.41) is 5.14. The average Bonchev–Trinajstić information content (AvgIpc) is 3.12. The van der Waals surface area contributed by atoms with Crippen LogP contribution in [-0.2, 0) is 19.6 Å². The molecule has 10 heteroatoms. The second-order valence-electron chi connectivity index (χ2n) is 8.56. The number of methoxy groups -OCH3 is 1. The average molecular weight is 486 g/mol.